The highest BCUT2D eigenvalue weighted by atomic mass is 32.2. The number of sulfone groups is 1. The molecule has 0 radical (unpaired) electrons. The number of rotatable bonds is 6. The van der Waals surface area contributed by atoms with Gasteiger partial charge in [0.2, 0.25) is 5.91 Å². The van der Waals surface area contributed by atoms with Gasteiger partial charge < -0.3 is 10.4 Å². The summed E-state index contributed by atoms with van der Waals surface area (Å²) in [5.74, 6) is -0.831. The van der Waals surface area contributed by atoms with Crippen molar-refractivity contribution in [1.29, 1.82) is 0 Å². The first-order chi connectivity index (χ1) is 8.39. The van der Waals surface area contributed by atoms with Crippen LogP contribution in [0.3, 0.4) is 0 Å². The van der Waals surface area contributed by atoms with Gasteiger partial charge in [-0.05, 0) is 25.7 Å². The van der Waals surface area contributed by atoms with Gasteiger partial charge >= 0.3 is 5.97 Å². The molecule has 18 heavy (non-hydrogen) atoms. The Labute approximate surface area is 107 Å². The van der Waals surface area contributed by atoms with Gasteiger partial charge in [-0.2, -0.15) is 0 Å². The highest BCUT2D eigenvalue weighted by molar-refractivity contribution is 7.91. The molecule has 0 aliphatic carbocycles. The van der Waals surface area contributed by atoms with Crippen molar-refractivity contribution in [2.75, 3.05) is 11.5 Å². The van der Waals surface area contributed by atoms with Crippen LogP contribution in [0.2, 0.25) is 0 Å². The summed E-state index contributed by atoms with van der Waals surface area (Å²) >= 11 is 0. The molecule has 1 amide bonds. The number of aliphatic carboxylic acids is 1. The Morgan fingerprint density at radius 1 is 1.22 bits per heavy atom. The van der Waals surface area contributed by atoms with Crippen LogP contribution in [0.1, 0.15) is 38.5 Å². The first-order valence-corrected chi connectivity index (χ1v) is 7.93. The fraction of sp³-hybridized carbons (Fsp3) is 0.818. The van der Waals surface area contributed by atoms with Gasteiger partial charge in [0.25, 0.3) is 0 Å². The fourth-order valence-corrected chi connectivity index (χ4v) is 3.63. The Morgan fingerprint density at radius 2 is 1.89 bits per heavy atom. The van der Waals surface area contributed by atoms with Crippen molar-refractivity contribution in [3.05, 3.63) is 0 Å². The summed E-state index contributed by atoms with van der Waals surface area (Å²) in [6, 6.07) is -0.282. The molecule has 1 heterocycles. The van der Waals surface area contributed by atoms with Gasteiger partial charge in [-0.1, -0.05) is 0 Å². The maximum atomic E-state index is 11.5. The minimum Gasteiger partial charge on any atom is -0.481 e. The number of hydrogen-bond donors (Lipinski definition) is 2. The number of hydrogen-bond acceptors (Lipinski definition) is 4. The number of nitrogens with one attached hydrogen (secondary N) is 1. The second kappa shape index (κ2) is 6.72. The molecular weight excluding hydrogens is 258 g/mol. The molecule has 7 heteroatoms. The summed E-state index contributed by atoms with van der Waals surface area (Å²) in [6.45, 7) is 0. The van der Waals surface area contributed by atoms with E-state index < -0.39 is 15.8 Å². The van der Waals surface area contributed by atoms with Crippen molar-refractivity contribution in [3.63, 3.8) is 0 Å². The number of amides is 1. The average molecular weight is 277 g/mol. The molecule has 1 fully saturated rings. The molecule has 0 saturated carbocycles. The lowest BCUT2D eigenvalue weighted by molar-refractivity contribution is -0.137. The molecule has 0 aromatic heterocycles. The van der Waals surface area contributed by atoms with Crippen LogP contribution in [-0.2, 0) is 19.4 Å². The zero-order valence-corrected chi connectivity index (χ0v) is 11.0. The minimum atomic E-state index is -3.01. The first kappa shape index (κ1) is 14.9. The summed E-state index contributed by atoms with van der Waals surface area (Å²) in [6.07, 6.45) is 2.57. The standard InChI is InChI=1S/C11H19NO5S/c13-10(5-1-2-6-11(14)15)12-9-4-3-7-18(16,17)8-9/h9H,1-8H2,(H,12,13)(H,14,15). The Bertz CT molecular complexity index is 404. The second-order valence-electron chi connectivity index (χ2n) is 4.62. The molecule has 104 valence electrons. The van der Waals surface area contributed by atoms with E-state index in [4.69, 9.17) is 5.11 Å². The third-order valence-electron chi connectivity index (χ3n) is 2.87. The van der Waals surface area contributed by atoms with Crippen LogP contribution >= 0.6 is 0 Å². The molecule has 1 rings (SSSR count). The van der Waals surface area contributed by atoms with Crippen molar-refractivity contribution in [3.8, 4) is 0 Å². The topological polar surface area (TPSA) is 101 Å². The van der Waals surface area contributed by atoms with Crippen LogP contribution in [0.5, 0.6) is 0 Å². The molecule has 1 atom stereocenters. The van der Waals surface area contributed by atoms with Gasteiger partial charge in [0, 0.05) is 18.9 Å². The van der Waals surface area contributed by atoms with Crippen LogP contribution in [-0.4, -0.2) is 42.9 Å². The van der Waals surface area contributed by atoms with Crippen molar-refractivity contribution >= 4 is 21.7 Å². The summed E-state index contributed by atoms with van der Waals surface area (Å²) < 4.78 is 22.7. The van der Waals surface area contributed by atoms with E-state index >= 15 is 0 Å². The van der Waals surface area contributed by atoms with Gasteiger partial charge in [0.1, 0.15) is 0 Å². The number of carbonyl (C=O) groups excluding carboxylic acids is 1. The molecule has 1 unspecified atom stereocenters. The summed E-state index contributed by atoms with van der Waals surface area (Å²) in [4.78, 5) is 21.8. The monoisotopic (exact) mass is 277 g/mol. The van der Waals surface area contributed by atoms with E-state index in [1.54, 1.807) is 0 Å². The molecule has 2 N–H and O–H groups in total. The third kappa shape index (κ3) is 6.00. The Kier molecular flexibility index (Phi) is 5.58. The van der Waals surface area contributed by atoms with Crippen molar-refractivity contribution < 1.29 is 23.1 Å². The summed E-state index contributed by atoms with van der Waals surface area (Å²) in [5, 5.41) is 11.1. The lowest BCUT2D eigenvalue weighted by Gasteiger charge is -2.22. The van der Waals surface area contributed by atoms with E-state index in [-0.39, 0.29) is 36.3 Å². The molecular formula is C11H19NO5S. The van der Waals surface area contributed by atoms with E-state index in [2.05, 4.69) is 5.32 Å². The van der Waals surface area contributed by atoms with E-state index in [0.29, 0.717) is 25.7 Å². The SMILES string of the molecule is O=C(O)CCCCC(=O)NC1CCCS(=O)(=O)C1. The van der Waals surface area contributed by atoms with E-state index in [0.717, 1.165) is 0 Å². The van der Waals surface area contributed by atoms with Gasteiger partial charge in [-0.15, -0.1) is 0 Å². The third-order valence-corrected chi connectivity index (χ3v) is 4.69. The molecule has 0 aromatic rings. The summed E-state index contributed by atoms with van der Waals surface area (Å²) in [7, 11) is -3.01. The van der Waals surface area contributed by atoms with Gasteiger partial charge in [-0.3, -0.25) is 9.59 Å². The molecule has 0 bridgehead atoms. The molecule has 6 nitrogen and oxygen atoms in total. The number of unbranched alkanes of at least 4 members (excludes halogenated alkanes) is 1. The van der Waals surface area contributed by atoms with Crippen molar-refractivity contribution in [1.82, 2.24) is 5.32 Å². The Balaban J connectivity index is 2.21. The smallest absolute Gasteiger partial charge is 0.303 e. The quantitative estimate of drug-likeness (QED) is 0.681. The highest BCUT2D eigenvalue weighted by Crippen LogP contribution is 2.12. The zero-order chi connectivity index (χ0) is 13.6. The molecule has 1 aliphatic heterocycles. The normalized spacial score (nSPS) is 22.3. The predicted octanol–water partition coefficient (Wildman–Crippen LogP) is 0.325. The second-order valence-corrected chi connectivity index (χ2v) is 6.85. The molecule has 0 spiro atoms. The molecule has 0 aromatic carbocycles. The summed E-state index contributed by atoms with van der Waals surface area (Å²) in [5.41, 5.74) is 0. The lowest BCUT2D eigenvalue weighted by atomic mass is 10.1. The number of carboxylic acid groups (broad SMARTS) is 1. The first-order valence-electron chi connectivity index (χ1n) is 6.10. The zero-order valence-electron chi connectivity index (χ0n) is 10.2. The number of carboxylic acids is 1. The minimum absolute atomic E-state index is 0.0217. The van der Waals surface area contributed by atoms with Crippen molar-refractivity contribution in [2.24, 2.45) is 0 Å². The lowest BCUT2D eigenvalue weighted by Crippen LogP contribution is -2.43. The van der Waals surface area contributed by atoms with E-state index in [1.165, 1.54) is 0 Å². The number of carbonyl (C=O) groups is 2. The van der Waals surface area contributed by atoms with Crippen LogP contribution in [0.4, 0.5) is 0 Å². The predicted molar refractivity (Wildman–Crippen MR) is 65.9 cm³/mol. The van der Waals surface area contributed by atoms with Crippen LogP contribution in [0, 0.1) is 0 Å². The van der Waals surface area contributed by atoms with Gasteiger partial charge in [0.05, 0.1) is 11.5 Å². The van der Waals surface area contributed by atoms with Crippen LogP contribution in [0.15, 0.2) is 0 Å². The fourth-order valence-electron chi connectivity index (χ4n) is 2.00. The largest absolute Gasteiger partial charge is 0.481 e. The van der Waals surface area contributed by atoms with Gasteiger partial charge in [0.15, 0.2) is 9.84 Å². The molecule has 1 saturated heterocycles. The highest BCUT2D eigenvalue weighted by Gasteiger charge is 2.25. The molecule has 1 aliphatic rings. The van der Waals surface area contributed by atoms with Crippen LogP contribution in [0.25, 0.3) is 0 Å². The van der Waals surface area contributed by atoms with E-state index in [1.807, 2.05) is 0 Å². The Morgan fingerprint density at radius 3 is 2.50 bits per heavy atom. The Hall–Kier alpha value is -1.11. The van der Waals surface area contributed by atoms with E-state index in [9.17, 15) is 18.0 Å². The maximum Gasteiger partial charge on any atom is 0.303 e. The van der Waals surface area contributed by atoms with Crippen LogP contribution < -0.4 is 5.32 Å². The maximum absolute atomic E-state index is 11.5. The average Bonchev–Trinajstić information content (AvgIpc) is 2.22. The van der Waals surface area contributed by atoms with Crippen molar-refractivity contribution in [2.45, 2.75) is 44.6 Å². The van der Waals surface area contributed by atoms with Gasteiger partial charge in [-0.25, -0.2) is 8.42 Å².